The quantitative estimate of drug-likeness (QED) is 0.664. The molecule has 1 atom stereocenters. The summed E-state index contributed by atoms with van der Waals surface area (Å²) in [7, 11) is 0. The van der Waals surface area contributed by atoms with E-state index in [1.165, 1.54) is 12.6 Å². The Hall–Kier alpha value is -0.0800. The highest BCUT2D eigenvalue weighted by molar-refractivity contribution is 4.82. The van der Waals surface area contributed by atoms with Gasteiger partial charge in [0.15, 0.2) is 0 Å². The predicted octanol–water partition coefficient (Wildman–Crippen LogP) is 3.40. The molecule has 2 nitrogen and oxygen atoms in total. The maximum absolute atomic E-state index is 3.47. The molecule has 0 amide bonds. The first-order chi connectivity index (χ1) is 7.28. The lowest BCUT2D eigenvalue weighted by molar-refractivity contribution is 0.317. The van der Waals surface area contributed by atoms with E-state index in [1.54, 1.807) is 0 Å². The molecule has 0 bridgehead atoms. The van der Waals surface area contributed by atoms with Crippen molar-refractivity contribution in [1.82, 2.24) is 10.6 Å². The number of hydrogen-bond donors (Lipinski definition) is 2. The van der Waals surface area contributed by atoms with Gasteiger partial charge >= 0.3 is 0 Å². The molecule has 0 aromatic carbocycles. The van der Waals surface area contributed by atoms with Gasteiger partial charge in [0.25, 0.3) is 0 Å². The summed E-state index contributed by atoms with van der Waals surface area (Å²) in [5.74, 6) is 1.46. The van der Waals surface area contributed by atoms with E-state index in [9.17, 15) is 0 Å². The second-order valence-electron chi connectivity index (χ2n) is 6.10. The minimum Gasteiger partial charge on any atom is -0.297 e. The van der Waals surface area contributed by atoms with Crippen molar-refractivity contribution in [3.05, 3.63) is 6.17 Å². The predicted molar refractivity (Wildman–Crippen MR) is 73.0 cm³/mol. The Morgan fingerprint density at radius 2 is 1.69 bits per heavy atom. The Labute approximate surface area is 103 Å². The number of nitrogens with one attached hydrogen (secondary N) is 2. The SMILES string of the molecule is CCC(C)(C)CN[C](C)NCC(C)C(C)C. The van der Waals surface area contributed by atoms with Crippen molar-refractivity contribution in [2.45, 2.75) is 54.9 Å². The van der Waals surface area contributed by atoms with Gasteiger partial charge in [0.05, 0.1) is 6.17 Å². The third-order valence-electron chi connectivity index (χ3n) is 3.62. The van der Waals surface area contributed by atoms with Crippen LogP contribution in [0.5, 0.6) is 0 Å². The monoisotopic (exact) mass is 227 g/mol. The molecule has 0 aromatic heterocycles. The molecule has 97 valence electrons. The summed E-state index contributed by atoms with van der Waals surface area (Å²) in [6.07, 6.45) is 2.41. The fraction of sp³-hybridized carbons (Fsp3) is 0.929. The molecular formula is C14H31N2. The van der Waals surface area contributed by atoms with Gasteiger partial charge in [-0.1, -0.05) is 41.5 Å². The van der Waals surface area contributed by atoms with Gasteiger partial charge in [0.2, 0.25) is 0 Å². The molecule has 0 aliphatic heterocycles. The van der Waals surface area contributed by atoms with Gasteiger partial charge < -0.3 is 0 Å². The van der Waals surface area contributed by atoms with Crippen LogP contribution >= 0.6 is 0 Å². The van der Waals surface area contributed by atoms with E-state index in [1.807, 2.05) is 0 Å². The average molecular weight is 227 g/mol. The van der Waals surface area contributed by atoms with E-state index in [0.717, 1.165) is 24.9 Å². The van der Waals surface area contributed by atoms with Gasteiger partial charge in [0, 0.05) is 6.54 Å². The van der Waals surface area contributed by atoms with Gasteiger partial charge in [-0.25, -0.2) is 0 Å². The maximum Gasteiger partial charge on any atom is 0.0979 e. The van der Waals surface area contributed by atoms with Crippen LogP contribution in [0.2, 0.25) is 0 Å². The largest absolute Gasteiger partial charge is 0.297 e. The normalized spacial score (nSPS) is 14.8. The summed E-state index contributed by atoms with van der Waals surface area (Å²) in [4.78, 5) is 0. The molecule has 0 rings (SSSR count). The zero-order chi connectivity index (χ0) is 12.8. The van der Waals surface area contributed by atoms with Gasteiger partial charge in [-0.3, -0.25) is 10.6 Å². The van der Waals surface area contributed by atoms with Gasteiger partial charge in [-0.05, 0) is 37.1 Å². The lowest BCUT2D eigenvalue weighted by Crippen LogP contribution is -2.39. The molecule has 0 fully saturated rings. The standard InChI is InChI=1S/C14H31N2/c1-8-14(6,7)10-16-13(5)15-9-12(4)11(2)3/h11-12,15-16H,8-10H2,1-7H3. The third-order valence-corrected chi connectivity index (χ3v) is 3.62. The highest BCUT2D eigenvalue weighted by Crippen LogP contribution is 2.18. The van der Waals surface area contributed by atoms with Crippen LogP contribution in [0.25, 0.3) is 0 Å². The average Bonchev–Trinajstić information content (AvgIpc) is 2.23. The fourth-order valence-electron chi connectivity index (χ4n) is 1.11. The summed E-state index contributed by atoms with van der Waals surface area (Å²) in [6.45, 7) is 17.9. The molecule has 0 saturated carbocycles. The smallest absolute Gasteiger partial charge is 0.0979 e. The van der Waals surface area contributed by atoms with Crippen LogP contribution < -0.4 is 10.6 Å². The van der Waals surface area contributed by atoms with E-state index in [0.29, 0.717) is 5.41 Å². The van der Waals surface area contributed by atoms with E-state index < -0.39 is 0 Å². The zero-order valence-corrected chi connectivity index (χ0v) is 12.3. The van der Waals surface area contributed by atoms with E-state index in [4.69, 9.17) is 0 Å². The highest BCUT2D eigenvalue weighted by atomic mass is 15.1. The topological polar surface area (TPSA) is 24.1 Å². The van der Waals surface area contributed by atoms with Gasteiger partial charge in [-0.2, -0.15) is 0 Å². The summed E-state index contributed by atoms with van der Waals surface area (Å²) in [5.41, 5.74) is 0.382. The molecule has 0 aliphatic carbocycles. The lowest BCUT2D eigenvalue weighted by Gasteiger charge is -2.26. The van der Waals surface area contributed by atoms with Crippen LogP contribution in [0.4, 0.5) is 0 Å². The van der Waals surface area contributed by atoms with Gasteiger partial charge in [-0.15, -0.1) is 0 Å². The van der Waals surface area contributed by atoms with Crippen molar-refractivity contribution in [3.63, 3.8) is 0 Å². The number of hydrogen-bond acceptors (Lipinski definition) is 2. The maximum atomic E-state index is 3.47. The molecule has 0 spiro atoms. The molecule has 0 aromatic rings. The third kappa shape index (κ3) is 7.24. The Kier molecular flexibility index (Phi) is 7.25. The highest BCUT2D eigenvalue weighted by Gasteiger charge is 2.16. The first-order valence-electron chi connectivity index (χ1n) is 6.59. The van der Waals surface area contributed by atoms with Crippen molar-refractivity contribution in [3.8, 4) is 0 Å². The Morgan fingerprint density at radius 1 is 1.12 bits per heavy atom. The molecule has 2 N–H and O–H groups in total. The van der Waals surface area contributed by atoms with Crippen LogP contribution in [0.15, 0.2) is 0 Å². The minimum atomic E-state index is 0.382. The fourth-order valence-corrected chi connectivity index (χ4v) is 1.11. The van der Waals surface area contributed by atoms with E-state index in [-0.39, 0.29) is 0 Å². The Bertz CT molecular complexity index is 176. The van der Waals surface area contributed by atoms with Crippen LogP contribution in [-0.4, -0.2) is 13.1 Å². The second kappa shape index (κ2) is 7.29. The summed E-state index contributed by atoms with van der Waals surface area (Å²) >= 11 is 0. The van der Waals surface area contributed by atoms with E-state index in [2.05, 4.69) is 59.1 Å². The number of rotatable bonds is 8. The van der Waals surface area contributed by atoms with Crippen molar-refractivity contribution in [1.29, 1.82) is 0 Å². The molecule has 16 heavy (non-hydrogen) atoms. The van der Waals surface area contributed by atoms with Gasteiger partial charge in [0.1, 0.15) is 0 Å². The van der Waals surface area contributed by atoms with E-state index >= 15 is 0 Å². The lowest BCUT2D eigenvalue weighted by atomic mass is 9.90. The zero-order valence-electron chi connectivity index (χ0n) is 12.3. The second-order valence-corrected chi connectivity index (χ2v) is 6.10. The molecule has 1 radical (unpaired) electrons. The summed E-state index contributed by atoms with van der Waals surface area (Å²) < 4.78 is 0. The van der Waals surface area contributed by atoms with Crippen LogP contribution in [-0.2, 0) is 0 Å². The van der Waals surface area contributed by atoms with Crippen molar-refractivity contribution in [2.75, 3.05) is 13.1 Å². The molecule has 1 unspecified atom stereocenters. The molecule has 0 aliphatic rings. The van der Waals surface area contributed by atoms with Crippen molar-refractivity contribution in [2.24, 2.45) is 17.3 Å². The van der Waals surface area contributed by atoms with Crippen LogP contribution in [0.3, 0.4) is 0 Å². The molecule has 0 heterocycles. The van der Waals surface area contributed by atoms with Crippen LogP contribution in [0, 0.1) is 23.4 Å². The molecule has 2 heteroatoms. The summed E-state index contributed by atoms with van der Waals surface area (Å²) in [6, 6.07) is 0. The van der Waals surface area contributed by atoms with Crippen LogP contribution in [0.1, 0.15) is 54.9 Å². The van der Waals surface area contributed by atoms with Crippen molar-refractivity contribution >= 4 is 0 Å². The Morgan fingerprint density at radius 3 is 2.12 bits per heavy atom. The summed E-state index contributed by atoms with van der Waals surface area (Å²) in [5, 5.41) is 6.94. The first-order valence-corrected chi connectivity index (χ1v) is 6.59. The first kappa shape index (κ1) is 15.9. The molecule has 0 saturated heterocycles. The Balaban J connectivity index is 3.71. The minimum absolute atomic E-state index is 0.382. The van der Waals surface area contributed by atoms with Crippen molar-refractivity contribution < 1.29 is 0 Å². The molecular weight excluding hydrogens is 196 g/mol.